The summed E-state index contributed by atoms with van der Waals surface area (Å²) in [5.41, 5.74) is 3.62. The van der Waals surface area contributed by atoms with Gasteiger partial charge in [-0.2, -0.15) is 4.98 Å². The van der Waals surface area contributed by atoms with Crippen LogP contribution in [0.1, 0.15) is 11.3 Å². The van der Waals surface area contributed by atoms with Crippen LogP contribution >= 0.6 is 0 Å². The highest BCUT2D eigenvalue weighted by Gasteiger charge is 2.15. The van der Waals surface area contributed by atoms with Gasteiger partial charge in [-0.3, -0.25) is 0 Å². The lowest BCUT2D eigenvalue weighted by molar-refractivity contribution is 0.397. The van der Waals surface area contributed by atoms with Gasteiger partial charge in [-0.05, 0) is 38.1 Å². The summed E-state index contributed by atoms with van der Waals surface area (Å²) in [7, 11) is 1.58. The average molecular weight is 281 g/mol. The van der Waals surface area contributed by atoms with Crippen molar-refractivity contribution in [1.82, 2.24) is 15.1 Å². The maximum Gasteiger partial charge on any atom is 0.258 e. The molecule has 0 aliphatic carbocycles. The number of methoxy groups -OCH3 is 1. The van der Waals surface area contributed by atoms with Crippen molar-refractivity contribution in [3.8, 4) is 28.7 Å². The van der Waals surface area contributed by atoms with Gasteiger partial charge in [0.1, 0.15) is 0 Å². The Labute approximate surface area is 122 Å². The van der Waals surface area contributed by atoms with Crippen LogP contribution in [0, 0.1) is 13.8 Å². The van der Waals surface area contributed by atoms with Crippen molar-refractivity contribution >= 4 is 0 Å². The van der Waals surface area contributed by atoms with Gasteiger partial charge in [0.2, 0.25) is 11.7 Å². The van der Waals surface area contributed by atoms with Crippen molar-refractivity contribution in [3.05, 3.63) is 47.7 Å². The Hall–Kier alpha value is -2.69. The average Bonchev–Trinajstić information content (AvgIpc) is 2.96. The van der Waals surface area contributed by atoms with Gasteiger partial charge in [0.25, 0.3) is 5.89 Å². The molecule has 0 spiro atoms. The van der Waals surface area contributed by atoms with E-state index in [1.54, 1.807) is 7.11 Å². The van der Waals surface area contributed by atoms with Gasteiger partial charge in [0.15, 0.2) is 0 Å². The summed E-state index contributed by atoms with van der Waals surface area (Å²) in [5.74, 6) is 1.44. The van der Waals surface area contributed by atoms with E-state index < -0.39 is 0 Å². The fraction of sp³-hybridized carbons (Fsp3) is 0.188. The largest absolute Gasteiger partial charge is 0.480 e. The Morgan fingerprint density at radius 3 is 2.67 bits per heavy atom. The van der Waals surface area contributed by atoms with Crippen LogP contribution in [0.25, 0.3) is 22.8 Å². The number of hydrogen-bond donors (Lipinski definition) is 0. The summed E-state index contributed by atoms with van der Waals surface area (Å²) in [4.78, 5) is 8.75. The van der Waals surface area contributed by atoms with E-state index in [4.69, 9.17) is 9.26 Å². The van der Waals surface area contributed by atoms with Gasteiger partial charge in [0, 0.05) is 11.3 Å². The third-order valence-corrected chi connectivity index (χ3v) is 3.12. The molecule has 0 amide bonds. The zero-order chi connectivity index (χ0) is 14.8. The van der Waals surface area contributed by atoms with Crippen LogP contribution in [-0.2, 0) is 0 Å². The van der Waals surface area contributed by atoms with Gasteiger partial charge < -0.3 is 9.26 Å². The van der Waals surface area contributed by atoms with E-state index in [0.29, 0.717) is 23.2 Å². The lowest BCUT2D eigenvalue weighted by Crippen LogP contribution is -1.94. The maximum absolute atomic E-state index is 5.35. The summed E-state index contributed by atoms with van der Waals surface area (Å²) in [5, 5.41) is 4.02. The number of benzene rings is 1. The molecule has 0 radical (unpaired) electrons. The Morgan fingerprint density at radius 1 is 1.05 bits per heavy atom. The van der Waals surface area contributed by atoms with Crippen LogP contribution < -0.4 is 4.74 Å². The first-order valence-electron chi connectivity index (χ1n) is 6.60. The highest BCUT2D eigenvalue weighted by Crippen LogP contribution is 2.28. The molecule has 0 fully saturated rings. The van der Waals surface area contributed by atoms with E-state index in [2.05, 4.69) is 15.1 Å². The molecule has 1 aromatic carbocycles. The van der Waals surface area contributed by atoms with Gasteiger partial charge in [-0.15, -0.1) is 0 Å². The second kappa shape index (κ2) is 5.36. The highest BCUT2D eigenvalue weighted by atomic mass is 16.5. The van der Waals surface area contributed by atoms with Crippen LogP contribution in [0.4, 0.5) is 0 Å². The molecule has 0 saturated heterocycles. The highest BCUT2D eigenvalue weighted by molar-refractivity contribution is 5.64. The Balaban J connectivity index is 2.02. The summed E-state index contributed by atoms with van der Waals surface area (Å²) in [6.07, 6.45) is 0. The van der Waals surface area contributed by atoms with Gasteiger partial charge in [0.05, 0.1) is 12.7 Å². The minimum absolute atomic E-state index is 0.468. The van der Waals surface area contributed by atoms with Crippen molar-refractivity contribution in [2.45, 2.75) is 13.8 Å². The van der Waals surface area contributed by atoms with Gasteiger partial charge >= 0.3 is 0 Å². The third-order valence-electron chi connectivity index (χ3n) is 3.12. The molecular formula is C16H15N3O2. The molecular weight excluding hydrogens is 266 g/mol. The van der Waals surface area contributed by atoms with E-state index in [1.807, 2.05) is 50.2 Å². The molecule has 2 aromatic heterocycles. The second-order valence-corrected chi connectivity index (χ2v) is 4.80. The Bertz CT molecular complexity index is 781. The molecule has 5 nitrogen and oxygen atoms in total. The van der Waals surface area contributed by atoms with Crippen molar-refractivity contribution in [2.24, 2.45) is 0 Å². The van der Waals surface area contributed by atoms with Crippen molar-refractivity contribution in [3.63, 3.8) is 0 Å². The molecule has 0 aliphatic heterocycles. The predicted molar refractivity (Wildman–Crippen MR) is 79.0 cm³/mol. The molecule has 0 saturated carbocycles. The second-order valence-electron chi connectivity index (χ2n) is 4.80. The quantitative estimate of drug-likeness (QED) is 0.736. The van der Waals surface area contributed by atoms with E-state index in [9.17, 15) is 0 Å². The molecule has 106 valence electrons. The van der Waals surface area contributed by atoms with E-state index in [1.165, 1.54) is 0 Å². The molecule has 21 heavy (non-hydrogen) atoms. The number of pyridine rings is 1. The lowest BCUT2D eigenvalue weighted by atomic mass is 10.1. The normalized spacial score (nSPS) is 10.6. The molecule has 0 N–H and O–H groups in total. The number of ether oxygens (including phenoxy) is 1. The fourth-order valence-corrected chi connectivity index (χ4v) is 2.09. The fourth-order valence-electron chi connectivity index (χ4n) is 2.09. The molecule has 3 aromatic rings. The zero-order valence-electron chi connectivity index (χ0n) is 12.1. The van der Waals surface area contributed by atoms with Crippen LogP contribution in [0.5, 0.6) is 5.88 Å². The topological polar surface area (TPSA) is 61.0 Å². The summed E-state index contributed by atoms with van der Waals surface area (Å²) in [6.45, 7) is 3.93. The Kier molecular flexibility index (Phi) is 3.39. The summed E-state index contributed by atoms with van der Waals surface area (Å²) >= 11 is 0. The molecule has 3 rings (SSSR count). The third kappa shape index (κ3) is 2.63. The molecule has 0 unspecified atom stereocenters. The van der Waals surface area contributed by atoms with Crippen LogP contribution in [0.2, 0.25) is 0 Å². The maximum atomic E-state index is 5.35. The first-order chi connectivity index (χ1) is 10.2. The van der Waals surface area contributed by atoms with Crippen molar-refractivity contribution in [1.29, 1.82) is 0 Å². The summed E-state index contributed by atoms with van der Waals surface area (Å²) < 4.78 is 10.6. The predicted octanol–water partition coefficient (Wildman–Crippen LogP) is 3.42. The van der Waals surface area contributed by atoms with E-state index in [-0.39, 0.29) is 0 Å². The van der Waals surface area contributed by atoms with Crippen LogP contribution in [0.3, 0.4) is 0 Å². The number of aromatic nitrogens is 3. The minimum atomic E-state index is 0.468. The standard InChI is InChI=1S/C16H15N3O2/c1-10-5-4-6-12(9-10)15-18-14(19-21-15)13-8-7-11(2)17-16(13)20-3/h4-9H,1-3H3. The number of rotatable bonds is 3. The Morgan fingerprint density at radius 2 is 1.90 bits per heavy atom. The van der Waals surface area contributed by atoms with Crippen molar-refractivity contribution < 1.29 is 9.26 Å². The molecule has 2 heterocycles. The number of aryl methyl sites for hydroxylation is 2. The van der Waals surface area contributed by atoms with Crippen LogP contribution in [0.15, 0.2) is 40.9 Å². The van der Waals surface area contributed by atoms with E-state index in [0.717, 1.165) is 16.8 Å². The molecule has 0 aliphatic rings. The lowest BCUT2D eigenvalue weighted by Gasteiger charge is -2.04. The summed E-state index contributed by atoms with van der Waals surface area (Å²) in [6, 6.07) is 11.7. The number of hydrogen-bond acceptors (Lipinski definition) is 5. The first kappa shape index (κ1) is 13.3. The zero-order valence-corrected chi connectivity index (χ0v) is 12.1. The smallest absolute Gasteiger partial charge is 0.258 e. The molecule has 0 atom stereocenters. The van der Waals surface area contributed by atoms with Gasteiger partial charge in [-0.25, -0.2) is 4.98 Å². The van der Waals surface area contributed by atoms with Gasteiger partial charge in [-0.1, -0.05) is 22.9 Å². The molecule has 0 bridgehead atoms. The monoisotopic (exact) mass is 281 g/mol. The van der Waals surface area contributed by atoms with Crippen molar-refractivity contribution in [2.75, 3.05) is 7.11 Å². The molecule has 5 heteroatoms. The minimum Gasteiger partial charge on any atom is -0.480 e. The first-order valence-corrected chi connectivity index (χ1v) is 6.60. The van der Waals surface area contributed by atoms with Crippen LogP contribution in [-0.4, -0.2) is 22.2 Å². The SMILES string of the molecule is COc1nc(C)ccc1-c1noc(-c2cccc(C)c2)n1. The van der Waals surface area contributed by atoms with E-state index >= 15 is 0 Å². The number of nitrogens with zero attached hydrogens (tertiary/aromatic N) is 3.